The second-order valence-corrected chi connectivity index (χ2v) is 6.59. The van der Waals surface area contributed by atoms with Crippen molar-refractivity contribution in [3.63, 3.8) is 0 Å². The van der Waals surface area contributed by atoms with Crippen LogP contribution in [0, 0.1) is 0 Å². The molecule has 2 N–H and O–H groups in total. The summed E-state index contributed by atoms with van der Waals surface area (Å²) in [6.07, 6.45) is 2.85. The van der Waals surface area contributed by atoms with Crippen LogP contribution in [0.3, 0.4) is 0 Å². The van der Waals surface area contributed by atoms with Gasteiger partial charge < -0.3 is 4.98 Å². The quantitative estimate of drug-likeness (QED) is 0.774. The van der Waals surface area contributed by atoms with Crippen molar-refractivity contribution >= 4 is 11.2 Å². The van der Waals surface area contributed by atoms with Gasteiger partial charge >= 0.3 is 0 Å². The number of fused-ring (bicyclic) bond motifs is 1. The molecule has 6 heteroatoms. The van der Waals surface area contributed by atoms with E-state index >= 15 is 0 Å². The Hall–Kier alpha value is -2.11. The summed E-state index contributed by atoms with van der Waals surface area (Å²) in [5.41, 5.74) is 3.82. The largest absolute Gasteiger partial charge is 0.334 e. The Bertz CT molecular complexity index is 755. The monoisotopic (exact) mass is 286 g/mol. The predicted molar refractivity (Wildman–Crippen MR) is 83.2 cm³/mol. The molecule has 0 fully saturated rings. The van der Waals surface area contributed by atoms with Gasteiger partial charge in [-0.05, 0) is 19.4 Å². The number of nitrogens with one attached hydrogen (secondary N) is 2. The first-order chi connectivity index (χ1) is 9.90. The molecule has 0 spiro atoms. The fourth-order valence-corrected chi connectivity index (χ4v) is 2.26. The Morgan fingerprint density at radius 2 is 2.10 bits per heavy atom. The first kappa shape index (κ1) is 13.9. The maximum absolute atomic E-state index is 4.67. The average molecular weight is 286 g/mol. The maximum atomic E-state index is 4.67. The molecule has 0 bridgehead atoms. The second kappa shape index (κ2) is 4.72. The molecule has 0 amide bonds. The van der Waals surface area contributed by atoms with E-state index in [-0.39, 0.29) is 5.41 Å². The van der Waals surface area contributed by atoms with E-state index in [0.717, 1.165) is 34.8 Å². The molecule has 0 saturated carbocycles. The standard InChI is InChI=1S/C15H22N6/c1-6-9(2)21-14-11(8-16-21)17-13(18-14)10-7-12(20-19-10)15(3,4)5/h7-9H,6H2,1-5H3,(H,17,18)(H,19,20). The second-order valence-electron chi connectivity index (χ2n) is 6.59. The van der Waals surface area contributed by atoms with Gasteiger partial charge in [-0.15, -0.1) is 0 Å². The molecule has 0 aliphatic carbocycles. The first-order valence-electron chi connectivity index (χ1n) is 7.39. The third kappa shape index (κ3) is 2.34. The van der Waals surface area contributed by atoms with E-state index in [1.807, 2.05) is 10.9 Å². The lowest BCUT2D eigenvalue weighted by Gasteiger charge is -2.14. The normalized spacial score (nSPS) is 14.0. The van der Waals surface area contributed by atoms with Crippen LogP contribution in [0.15, 0.2) is 12.3 Å². The van der Waals surface area contributed by atoms with Gasteiger partial charge in [0.2, 0.25) is 0 Å². The third-order valence-corrected chi connectivity index (χ3v) is 3.88. The zero-order valence-corrected chi connectivity index (χ0v) is 13.2. The number of aromatic amines is 2. The van der Waals surface area contributed by atoms with Crippen molar-refractivity contribution in [2.24, 2.45) is 0 Å². The summed E-state index contributed by atoms with van der Waals surface area (Å²) in [5.74, 6) is 0.784. The highest BCUT2D eigenvalue weighted by molar-refractivity contribution is 5.75. The smallest absolute Gasteiger partial charge is 0.177 e. The van der Waals surface area contributed by atoms with E-state index in [4.69, 9.17) is 0 Å². The lowest BCUT2D eigenvalue weighted by atomic mass is 9.92. The summed E-state index contributed by atoms with van der Waals surface area (Å²) in [6.45, 7) is 10.8. The number of imidazole rings is 1. The number of aromatic nitrogens is 6. The minimum atomic E-state index is 0.0464. The van der Waals surface area contributed by atoms with Crippen molar-refractivity contribution in [2.75, 3.05) is 0 Å². The van der Waals surface area contributed by atoms with Gasteiger partial charge in [-0.25, -0.2) is 9.67 Å². The fourth-order valence-electron chi connectivity index (χ4n) is 2.26. The lowest BCUT2D eigenvalue weighted by Crippen LogP contribution is -2.11. The molecule has 0 aromatic carbocycles. The Labute approximate surface area is 124 Å². The number of hydrogen-bond donors (Lipinski definition) is 2. The van der Waals surface area contributed by atoms with Gasteiger partial charge in [0, 0.05) is 11.1 Å². The predicted octanol–water partition coefficient (Wildman–Crippen LogP) is 3.42. The van der Waals surface area contributed by atoms with E-state index in [0.29, 0.717) is 6.04 Å². The molecule has 1 atom stereocenters. The van der Waals surface area contributed by atoms with E-state index in [1.54, 1.807) is 0 Å². The molecule has 0 radical (unpaired) electrons. The van der Waals surface area contributed by atoms with Crippen LogP contribution in [0.4, 0.5) is 0 Å². The minimum Gasteiger partial charge on any atom is -0.334 e. The third-order valence-electron chi connectivity index (χ3n) is 3.88. The molecule has 1 unspecified atom stereocenters. The molecule has 0 aliphatic rings. The summed E-state index contributed by atoms with van der Waals surface area (Å²) in [7, 11) is 0. The highest BCUT2D eigenvalue weighted by Crippen LogP contribution is 2.26. The highest BCUT2D eigenvalue weighted by atomic mass is 15.3. The Balaban J connectivity index is 2.02. The number of H-pyrrole nitrogens is 2. The average Bonchev–Trinajstić information content (AvgIpc) is 3.10. The van der Waals surface area contributed by atoms with Crippen LogP contribution >= 0.6 is 0 Å². The van der Waals surface area contributed by atoms with Crippen LogP contribution in [0.25, 0.3) is 22.7 Å². The Morgan fingerprint density at radius 3 is 2.71 bits per heavy atom. The SMILES string of the molecule is CCC(C)n1ncc2[nH]c(-c3cc(C(C)(C)C)[nH]n3)nc21. The van der Waals surface area contributed by atoms with Crippen LogP contribution in [-0.2, 0) is 5.41 Å². The van der Waals surface area contributed by atoms with Crippen LogP contribution in [-0.4, -0.2) is 29.9 Å². The fraction of sp³-hybridized carbons (Fsp3) is 0.533. The van der Waals surface area contributed by atoms with Gasteiger partial charge in [-0.3, -0.25) is 5.10 Å². The summed E-state index contributed by atoms with van der Waals surface area (Å²) < 4.78 is 1.96. The van der Waals surface area contributed by atoms with Crippen molar-refractivity contribution in [3.05, 3.63) is 18.0 Å². The summed E-state index contributed by atoms with van der Waals surface area (Å²) in [5, 5.41) is 11.9. The van der Waals surface area contributed by atoms with Crippen molar-refractivity contribution in [1.82, 2.24) is 29.9 Å². The van der Waals surface area contributed by atoms with Crippen molar-refractivity contribution in [2.45, 2.75) is 52.5 Å². The molecule has 112 valence electrons. The van der Waals surface area contributed by atoms with E-state index in [2.05, 4.69) is 65.9 Å². The maximum Gasteiger partial charge on any atom is 0.177 e. The van der Waals surface area contributed by atoms with E-state index < -0.39 is 0 Å². The highest BCUT2D eigenvalue weighted by Gasteiger charge is 2.19. The van der Waals surface area contributed by atoms with Gasteiger partial charge in [0.05, 0.1) is 12.2 Å². The topological polar surface area (TPSA) is 75.2 Å². The number of nitrogens with zero attached hydrogens (tertiary/aromatic N) is 4. The van der Waals surface area contributed by atoms with Gasteiger partial charge in [0.1, 0.15) is 11.2 Å². The molecule has 6 nitrogen and oxygen atoms in total. The van der Waals surface area contributed by atoms with Crippen LogP contribution in [0.1, 0.15) is 52.8 Å². The number of rotatable bonds is 3. The van der Waals surface area contributed by atoms with Crippen molar-refractivity contribution < 1.29 is 0 Å². The molecule has 3 heterocycles. The zero-order chi connectivity index (χ0) is 15.2. The first-order valence-corrected chi connectivity index (χ1v) is 7.39. The van der Waals surface area contributed by atoms with E-state index in [9.17, 15) is 0 Å². The van der Waals surface area contributed by atoms with Crippen LogP contribution < -0.4 is 0 Å². The van der Waals surface area contributed by atoms with Crippen LogP contribution in [0.2, 0.25) is 0 Å². The molecule has 3 rings (SSSR count). The Kier molecular flexibility index (Phi) is 3.11. The molecular weight excluding hydrogens is 264 g/mol. The Morgan fingerprint density at radius 1 is 1.33 bits per heavy atom. The van der Waals surface area contributed by atoms with Gasteiger partial charge in [0.15, 0.2) is 11.5 Å². The molecule has 3 aromatic rings. The van der Waals surface area contributed by atoms with Gasteiger partial charge in [0.25, 0.3) is 0 Å². The lowest BCUT2D eigenvalue weighted by molar-refractivity contribution is 0.490. The van der Waals surface area contributed by atoms with Gasteiger partial charge in [-0.2, -0.15) is 10.2 Å². The molecular formula is C15H22N6. The van der Waals surface area contributed by atoms with Crippen LogP contribution in [0.5, 0.6) is 0 Å². The van der Waals surface area contributed by atoms with Gasteiger partial charge in [-0.1, -0.05) is 27.7 Å². The molecule has 0 aliphatic heterocycles. The summed E-state index contributed by atoms with van der Waals surface area (Å²) >= 11 is 0. The number of hydrogen-bond acceptors (Lipinski definition) is 3. The minimum absolute atomic E-state index is 0.0464. The van der Waals surface area contributed by atoms with Crippen molar-refractivity contribution in [3.8, 4) is 11.5 Å². The van der Waals surface area contributed by atoms with E-state index in [1.165, 1.54) is 0 Å². The molecule has 0 saturated heterocycles. The zero-order valence-electron chi connectivity index (χ0n) is 13.2. The summed E-state index contributed by atoms with van der Waals surface area (Å²) in [6, 6.07) is 2.39. The van der Waals surface area contributed by atoms with Crippen molar-refractivity contribution in [1.29, 1.82) is 0 Å². The molecule has 21 heavy (non-hydrogen) atoms. The summed E-state index contributed by atoms with van der Waals surface area (Å²) in [4.78, 5) is 7.97. The molecule has 3 aromatic heterocycles.